The molecular weight excluding hydrogens is 407 g/mol. The van der Waals surface area contributed by atoms with Gasteiger partial charge in [0.05, 0.1) is 12.2 Å². The summed E-state index contributed by atoms with van der Waals surface area (Å²) >= 11 is 0. The second-order valence-corrected chi connectivity index (χ2v) is 11.2. The highest BCUT2D eigenvalue weighted by Crippen LogP contribution is 2.33. The fraction of sp³-hybridized carbons (Fsp3) is 0.276. The molecule has 0 amide bonds. The van der Waals surface area contributed by atoms with Crippen molar-refractivity contribution in [2.75, 3.05) is 6.16 Å². The maximum atomic E-state index is 3.62. The lowest BCUT2D eigenvalue weighted by Crippen LogP contribution is -2.34. The van der Waals surface area contributed by atoms with E-state index in [1.165, 1.54) is 27.4 Å². The summed E-state index contributed by atoms with van der Waals surface area (Å²) in [7, 11) is -0.403. The monoisotopic (exact) mass is 440 g/mol. The summed E-state index contributed by atoms with van der Waals surface area (Å²) in [6.07, 6.45) is 9.06. The summed E-state index contributed by atoms with van der Waals surface area (Å²) in [4.78, 5) is 0. The molecule has 0 N–H and O–H groups in total. The maximum Gasteiger partial charge on any atom is 0.243 e. The highest BCUT2D eigenvalue weighted by molar-refractivity contribution is 7.72. The van der Waals surface area contributed by atoms with E-state index < -0.39 is 7.92 Å². The van der Waals surface area contributed by atoms with Gasteiger partial charge in [-0.25, -0.2) is 0 Å². The topological polar surface area (TPSA) is 8.81 Å². The Balaban J connectivity index is 1.61. The van der Waals surface area contributed by atoms with Gasteiger partial charge in [0.25, 0.3) is 0 Å². The smallest absolute Gasteiger partial charge is 0.243 e. The van der Waals surface area contributed by atoms with Gasteiger partial charge in [0.1, 0.15) is 0 Å². The normalized spacial score (nSPS) is 11.6. The van der Waals surface area contributed by atoms with Crippen LogP contribution < -0.4 is 15.2 Å². The third kappa shape index (κ3) is 5.03. The van der Waals surface area contributed by atoms with E-state index in [0.717, 1.165) is 12.7 Å². The molecule has 0 aliphatic heterocycles. The molecule has 0 fully saturated rings. The number of imidazole rings is 1. The van der Waals surface area contributed by atoms with Crippen molar-refractivity contribution in [1.82, 2.24) is 4.57 Å². The zero-order valence-electron chi connectivity index (χ0n) is 19.6. The van der Waals surface area contributed by atoms with Crippen LogP contribution in [0.1, 0.15) is 50.7 Å². The van der Waals surface area contributed by atoms with Crippen LogP contribution in [0.15, 0.2) is 91.3 Å². The van der Waals surface area contributed by atoms with Crippen LogP contribution in [-0.2, 0) is 6.54 Å². The van der Waals surface area contributed by atoms with Crippen LogP contribution in [-0.4, -0.2) is 10.7 Å². The Labute approximate surface area is 194 Å². The number of hydrogen-bond donors (Lipinski definition) is 0. The van der Waals surface area contributed by atoms with Crippen molar-refractivity contribution in [3.63, 3.8) is 0 Å². The van der Waals surface area contributed by atoms with Gasteiger partial charge in [-0.3, -0.25) is 0 Å². The van der Waals surface area contributed by atoms with Crippen LogP contribution in [0.25, 0.3) is 5.69 Å². The molecule has 3 aromatic carbocycles. The first kappa shape index (κ1) is 22.5. The molecular formula is C29H33N2P. The van der Waals surface area contributed by atoms with Crippen molar-refractivity contribution in [2.24, 2.45) is 0 Å². The molecule has 2 nitrogen and oxygen atoms in total. The van der Waals surface area contributed by atoms with Crippen LogP contribution in [0.5, 0.6) is 0 Å². The van der Waals surface area contributed by atoms with Crippen molar-refractivity contribution in [2.45, 2.75) is 46.1 Å². The molecule has 0 radical (unpaired) electrons. The van der Waals surface area contributed by atoms with Crippen molar-refractivity contribution < 1.29 is 4.57 Å². The molecule has 0 unspecified atom stereocenters. The van der Waals surface area contributed by atoms with Gasteiger partial charge in [-0.05, 0) is 41.5 Å². The highest BCUT2D eigenvalue weighted by atomic mass is 31.1. The second-order valence-electron chi connectivity index (χ2n) is 8.88. The number of para-hydroxylation sites is 1. The predicted octanol–water partition coefficient (Wildman–Crippen LogP) is 5.94. The minimum Gasteiger partial charge on any atom is -0.326 e. The lowest BCUT2D eigenvalue weighted by atomic mass is 9.92. The van der Waals surface area contributed by atoms with Gasteiger partial charge in [-0.1, -0.05) is 107 Å². The number of hydrogen-bond acceptors (Lipinski definition) is 0. The van der Waals surface area contributed by atoms with Crippen molar-refractivity contribution in [1.29, 1.82) is 0 Å². The molecule has 1 aromatic heterocycles. The van der Waals surface area contributed by atoms with Gasteiger partial charge in [0.15, 0.2) is 0 Å². The summed E-state index contributed by atoms with van der Waals surface area (Å²) in [5.41, 5.74) is 4.06. The number of aromatic nitrogens is 2. The molecule has 4 aromatic rings. The molecule has 0 aliphatic rings. The molecule has 164 valence electrons. The molecule has 0 spiro atoms. The van der Waals surface area contributed by atoms with Crippen LogP contribution in [0, 0.1) is 6.33 Å². The van der Waals surface area contributed by atoms with Gasteiger partial charge >= 0.3 is 0 Å². The molecule has 0 atom stereocenters. The zero-order chi connectivity index (χ0) is 22.5. The Bertz CT molecular complexity index is 1060. The summed E-state index contributed by atoms with van der Waals surface area (Å²) < 4.78 is 4.43. The Morgan fingerprint density at radius 2 is 1.28 bits per heavy atom. The number of aryl methyl sites for hydroxylation is 1. The van der Waals surface area contributed by atoms with Crippen molar-refractivity contribution in [3.05, 3.63) is 109 Å². The van der Waals surface area contributed by atoms with Crippen molar-refractivity contribution in [3.8, 4) is 5.69 Å². The maximum absolute atomic E-state index is 3.62. The van der Waals surface area contributed by atoms with Crippen molar-refractivity contribution >= 4 is 18.5 Å². The van der Waals surface area contributed by atoms with E-state index in [-0.39, 0.29) is 0 Å². The van der Waals surface area contributed by atoms with Crippen LogP contribution >= 0.6 is 7.92 Å². The molecule has 0 aliphatic carbocycles. The first-order chi connectivity index (χ1) is 15.5. The molecule has 0 saturated heterocycles. The summed E-state index contributed by atoms with van der Waals surface area (Å²) in [6, 6.07) is 28.6. The fourth-order valence-electron chi connectivity index (χ4n) is 4.22. The van der Waals surface area contributed by atoms with Gasteiger partial charge in [0, 0.05) is 18.6 Å². The highest BCUT2D eigenvalue weighted by Gasteiger charge is 2.17. The fourth-order valence-corrected chi connectivity index (χ4v) is 6.52. The largest absolute Gasteiger partial charge is 0.326 e. The van der Waals surface area contributed by atoms with Gasteiger partial charge in [-0.15, -0.1) is 0 Å². The van der Waals surface area contributed by atoms with E-state index in [4.69, 9.17) is 0 Å². The van der Waals surface area contributed by atoms with E-state index in [0.29, 0.717) is 11.8 Å². The van der Waals surface area contributed by atoms with Gasteiger partial charge in [-0.2, -0.15) is 0 Å². The van der Waals surface area contributed by atoms with E-state index in [1.807, 2.05) is 0 Å². The van der Waals surface area contributed by atoms with Crippen LogP contribution in [0.4, 0.5) is 0 Å². The van der Waals surface area contributed by atoms with Gasteiger partial charge in [0.2, 0.25) is 6.33 Å². The van der Waals surface area contributed by atoms with Crippen LogP contribution in [0.3, 0.4) is 0 Å². The Kier molecular flexibility index (Phi) is 7.22. The Morgan fingerprint density at radius 1 is 0.750 bits per heavy atom. The minimum absolute atomic E-state index is 0.403. The third-order valence-corrected chi connectivity index (χ3v) is 8.41. The lowest BCUT2D eigenvalue weighted by Gasteiger charge is -2.21. The van der Waals surface area contributed by atoms with E-state index in [9.17, 15) is 0 Å². The molecule has 0 saturated carbocycles. The molecule has 3 heteroatoms. The summed E-state index contributed by atoms with van der Waals surface area (Å²) in [5, 5.41) is 2.86. The Hall–Kier alpha value is -2.70. The number of rotatable bonds is 8. The molecule has 0 bridgehead atoms. The van der Waals surface area contributed by atoms with Gasteiger partial charge < -0.3 is 9.13 Å². The number of benzene rings is 3. The standard InChI is InChI=1S/C29H33N2P/c1-23(2)27-16-11-17-28(24(3)4)29(27)31-19-18-30(22-31)20-21-32(25-12-7-5-8-13-25)26-14-9-6-10-15-26/h5-19,23-24H,20-21H2,1-4H3. The first-order valence-corrected chi connectivity index (χ1v) is 13.1. The van der Waals surface area contributed by atoms with Crippen LogP contribution in [0.2, 0.25) is 0 Å². The molecule has 4 rings (SSSR count). The zero-order valence-corrected chi connectivity index (χ0v) is 20.5. The number of nitrogens with zero attached hydrogens (tertiary/aromatic N) is 2. The average Bonchev–Trinajstić information content (AvgIpc) is 3.28. The summed E-state index contributed by atoms with van der Waals surface area (Å²) in [6.45, 7) is 10.0. The first-order valence-electron chi connectivity index (χ1n) is 11.6. The lowest BCUT2D eigenvalue weighted by molar-refractivity contribution is -0.695. The summed E-state index contributed by atoms with van der Waals surface area (Å²) in [5.74, 6) is 0.939. The third-order valence-electron chi connectivity index (χ3n) is 5.92. The molecule has 1 heterocycles. The average molecular weight is 441 g/mol. The SMILES string of the molecule is CC(C)c1cccc(C(C)C)c1-n1[c-][n+](CCP(c2ccccc2)c2ccccc2)cc1. The Morgan fingerprint density at radius 3 is 1.78 bits per heavy atom. The van der Waals surface area contributed by atoms with E-state index >= 15 is 0 Å². The second kappa shape index (κ2) is 10.3. The van der Waals surface area contributed by atoms with E-state index in [2.05, 4.69) is 134 Å². The molecule has 32 heavy (non-hydrogen) atoms. The minimum atomic E-state index is -0.403. The quantitative estimate of drug-likeness (QED) is 0.182. The van der Waals surface area contributed by atoms with E-state index in [1.54, 1.807) is 0 Å². The predicted molar refractivity (Wildman–Crippen MR) is 137 cm³/mol.